The number of rotatable bonds is 3. The molecule has 0 aliphatic rings. The first-order valence-corrected chi connectivity index (χ1v) is 7.30. The van der Waals surface area contributed by atoms with Crippen LogP contribution in [0.1, 0.15) is 17.2 Å². The molecule has 0 amide bonds. The highest BCUT2D eigenvalue weighted by Gasteiger charge is 2.12. The fourth-order valence-corrected chi connectivity index (χ4v) is 2.57. The van der Waals surface area contributed by atoms with Crippen molar-refractivity contribution in [3.8, 4) is 0 Å². The van der Waals surface area contributed by atoms with E-state index >= 15 is 0 Å². The molecule has 3 heteroatoms. The van der Waals surface area contributed by atoms with Gasteiger partial charge in [0.2, 0.25) is 0 Å². The second-order valence-corrected chi connectivity index (χ2v) is 5.43. The average molecular weight is 309 g/mol. The van der Waals surface area contributed by atoms with Crippen LogP contribution in [-0.2, 0) is 0 Å². The third kappa shape index (κ3) is 2.92. The molecular formula is C14H13BrOS. The Labute approximate surface area is 114 Å². The zero-order valence-corrected chi connectivity index (χ0v) is 11.8. The van der Waals surface area contributed by atoms with Gasteiger partial charge in [-0.25, -0.2) is 0 Å². The molecular weight excluding hydrogens is 296 g/mol. The molecule has 0 saturated carbocycles. The third-order valence-electron chi connectivity index (χ3n) is 2.63. The van der Waals surface area contributed by atoms with Gasteiger partial charge in [0, 0.05) is 9.37 Å². The molecule has 0 bridgehead atoms. The number of thioether (sulfide) groups is 1. The van der Waals surface area contributed by atoms with E-state index in [9.17, 15) is 5.11 Å². The summed E-state index contributed by atoms with van der Waals surface area (Å²) in [5, 5.41) is 10.3. The summed E-state index contributed by atoms with van der Waals surface area (Å²) in [6, 6.07) is 15.7. The SMILES string of the molecule is CSc1ccc([C@H](O)c2ccccc2Br)cc1. The largest absolute Gasteiger partial charge is 0.384 e. The van der Waals surface area contributed by atoms with Crippen LogP contribution in [-0.4, -0.2) is 11.4 Å². The van der Waals surface area contributed by atoms with E-state index < -0.39 is 6.10 Å². The fraction of sp³-hybridized carbons (Fsp3) is 0.143. The lowest BCUT2D eigenvalue weighted by Gasteiger charge is -2.13. The van der Waals surface area contributed by atoms with Crippen molar-refractivity contribution >= 4 is 27.7 Å². The van der Waals surface area contributed by atoms with Gasteiger partial charge in [0.1, 0.15) is 6.10 Å². The molecule has 0 radical (unpaired) electrons. The highest BCUT2D eigenvalue weighted by molar-refractivity contribution is 9.10. The van der Waals surface area contributed by atoms with E-state index in [1.54, 1.807) is 11.8 Å². The standard InChI is InChI=1S/C14H13BrOS/c1-17-11-8-6-10(7-9-11)14(16)12-4-2-3-5-13(12)15/h2-9,14,16H,1H3/t14-/m0/s1. The Morgan fingerprint density at radius 2 is 1.71 bits per heavy atom. The van der Waals surface area contributed by atoms with Crippen molar-refractivity contribution in [1.29, 1.82) is 0 Å². The van der Waals surface area contributed by atoms with Crippen LogP contribution in [0.4, 0.5) is 0 Å². The van der Waals surface area contributed by atoms with E-state index in [1.807, 2.05) is 54.8 Å². The smallest absolute Gasteiger partial charge is 0.105 e. The van der Waals surface area contributed by atoms with Crippen molar-refractivity contribution in [2.75, 3.05) is 6.26 Å². The van der Waals surface area contributed by atoms with Crippen LogP contribution in [0, 0.1) is 0 Å². The molecule has 2 aromatic carbocycles. The summed E-state index contributed by atoms with van der Waals surface area (Å²) < 4.78 is 0.932. The Balaban J connectivity index is 2.30. The Morgan fingerprint density at radius 1 is 1.06 bits per heavy atom. The van der Waals surface area contributed by atoms with Gasteiger partial charge in [0.25, 0.3) is 0 Å². The van der Waals surface area contributed by atoms with Crippen LogP contribution < -0.4 is 0 Å². The van der Waals surface area contributed by atoms with Gasteiger partial charge in [-0.1, -0.05) is 46.3 Å². The van der Waals surface area contributed by atoms with Crippen molar-refractivity contribution in [3.05, 3.63) is 64.1 Å². The van der Waals surface area contributed by atoms with Gasteiger partial charge < -0.3 is 5.11 Å². The predicted molar refractivity (Wildman–Crippen MR) is 76.4 cm³/mol. The molecule has 0 unspecified atom stereocenters. The van der Waals surface area contributed by atoms with Gasteiger partial charge in [-0.15, -0.1) is 11.8 Å². The number of halogens is 1. The lowest BCUT2D eigenvalue weighted by atomic mass is 10.0. The monoisotopic (exact) mass is 308 g/mol. The molecule has 0 aromatic heterocycles. The molecule has 17 heavy (non-hydrogen) atoms. The topological polar surface area (TPSA) is 20.2 Å². The van der Waals surface area contributed by atoms with E-state index in [4.69, 9.17) is 0 Å². The molecule has 2 rings (SSSR count). The van der Waals surface area contributed by atoms with Gasteiger partial charge in [0.15, 0.2) is 0 Å². The quantitative estimate of drug-likeness (QED) is 0.855. The minimum absolute atomic E-state index is 0.582. The number of hydrogen-bond acceptors (Lipinski definition) is 2. The van der Waals surface area contributed by atoms with E-state index in [-0.39, 0.29) is 0 Å². The van der Waals surface area contributed by atoms with Crippen molar-refractivity contribution in [3.63, 3.8) is 0 Å². The molecule has 2 aromatic rings. The maximum atomic E-state index is 10.3. The average Bonchev–Trinajstić information content (AvgIpc) is 2.39. The summed E-state index contributed by atoms with van der Waals surface area (Å²) in [6.07, 6.45) is 1.46. The molecule has 0 saturated heterocycles. The highest BCUT2D eigenvalue weighted by atomic mass is 79.9. The van der Waals surface area contributed by atoms with Crippen LogP contribution in [0.3, 0.4) is 0 Å². The maximum absolute atomic E-state index is 10.3. The van der Waals surface area contributed by atoms with Crippen LogP contribution in [0.5, 0.6) is 0 Å². The van der Waals surface area contributed by atoms with E-state index in [1.165, 1.54) is 4.90 Å². The number of aliphatic hydroxyl groups excluding tert-OH is 1. The van der Waals surface area contributed by atoms with Gasteiger partial charge in [0.05, 0.1) is 0 Å². The van der Waals surface area contributed by atoms with Crippen LogP contribution in [0.2, 0.25) is 0 Å². The summed E-state index contributed by atoms with van der Waals surface area (Å²) >= 11 is 5.16. The molecule has 1 N–H and O–H groups in total. The normalized spacial score (nSPS) is 12.4. The zero-order valence-electron chi connectivity index (χ0n) is 9.43. The second kappa shape index (κ2) is 5.71. The van der Waals surface area contributed by atoms with Crippen molar-refractivity contribution < 1.29 is 5.11 Å². The molecule has 1 nitrogen and oxygen atoms in total. The Morgan fingerprint density at radius 3 is 2.29 bits per heavy atom. The summed E-state index contributed by atoms with van der Waals surface area (Å²) in [6.45, 7) is 0. The van der Waals surface area contributed by atoms with Gasteiger partial charge in [-0.3, -0.25) is 0 Å². The second-order valence-electron chi connectivity index (χ2n) is 3.70. The van der Waals surface area contributed by atoms with Gasteiger partial charge in [-0.2, -0.15) is 0 Å². The van der Waals surface area contributed by atoms with Crippen molar-refractivity contribution in [1.82, 2.24) is 0 Å². The lowest BCUT2D eigenvalue weighted by Crippen LogP contribution is -2.00. The Bertz CT molecular complexity index is 496. The third-order valence-corrected chi connectivity index (χ3v) is 4.10. The first-order valence-electron chi connectivity index (χ1n) is 5.29. The van der Waals surface area contributed by atoms with E-state index in [0.29, 0.717) is 0 Å². The lowest BCUT2D eigenvalue weighted by molar-refractivity contribution is 0.219. The molecule has 0 aliphatic heterocycles. The molecule has 0 heterocycles. The molecule has 0 fully saturated rings. The van der Waals surface area contributed by atoms with Gasteiger partial charge in [-0.05, 0) is 35.6 Å². The summed E-state index contributed by atoms with van der Waals surface area (Å²) in [7, 11) is 0. The summed E-state index contributed by atoms with van der Waals surface area (Å²) in [4.78, 5) is 1.20. The summed E-state index contributed by atoms with van der Waals surface area (Å²) in [5.41, 5.74) is 1.80. The van der Waals surface area contributed by atoms with Crippen molar-refractivity contribution in [2.45, 2.75) is 11.0 Å². The zero-order chi connectivity index (χ0) is 12.3. The van der Waals surface area contributed by atoms with Crippen LogP contribution in [0.25, 0.3) is 0 Å². The minimum Gasteiger partial charge on any atom is -0.384 e. The minimum atomic E-state index is -0.582. The number of aliphatic hydroxyl groups is 1. The molecule has 0 aliphatic carbocycles. The molecule has 0 spiro atoms. The maximum Gasteiger partial charge on any atom is 0.105 e. The number of benzene rings is 2. The van der Waals surface area contributed by atoms with E-state index in [2.05, 4.69) is 15.9 Å². The predicted octanol–water partition coefficient (Wildman–Crippen LogP) is 4.25. The van der Waals surface area contributed by atoms with Crippen molar-refractivity contribution in [2.24, 2.45) is 0 Å². The van der Waals surface area contributed by atoms with Gasteiger partial charge >= 0.3 is 0 Å². The van der Waals surface area contributed by atoms with E-state index in [0.717, 1.165) is 15.6 Å². The molecule has 88 valence electrons. The first kappa shape index (κ1) is 12.7. The molecule has 1 atom stereocenters. The van der Waals surface area contributed by atoms with Crippen LogP contribution >= 0.6 is 27.7 Å². The number of hydrogen-bond donors (Lipinski definition) is 1. The Hall–Kier alpha value is -0.770. The Kier molecular flexibility index (Phi) is 4.26. The highest BCUT2D eigenvalue weighted by Crippen LogP contribution is 2.29. The van der Waals surface area contributed by atoms with Crippen LogP contribution in [0.15, 0.2) is 57.9 Å². The summed E-state index contributed by atoms with van der Waals surface area (Å²) in [5.74, 6) is 0. The fourth-order valence-electron chi connectivity index (χ4n) is 1.66. The first-order chi connectivity index (χ1) is 8.22.